The summed E-state index contributed by atoms with van der Waals surface area (Å²) in [6.45, 7) is 4.30. The Morgan fingerprint density at radius 2 is 2.29 bits per heavy atom. The summed E-state index contributed by atoms with van der Waals surface area (Å²) in [5.74, 6) is 0. The van der Waals surface area contributed by atoms with E-state index in [1.807, 2.05) is 22.7 Å². The van der Waals surface area contributed by atoms with Crippen LogP contribution >= 0.6 is 22.7 Å². The number of rotatable bonds is 0. The lowest BCUT2D eigenvalue weighted by Gasteiger charge is -1.66. The second-order valence-electron chi connectivity index (χ2n) is 1.44. The lowest BCUT2D eigenvalue weighted by molar-refractivity contribution is 1.51. The zero-order valence-corrected chi connectivity index (χ0v) is 6.03. The van der Waals surface area contributed by atoms with Gasteiger partial charge in [0.15, 0.2) is 0 Å². The fourth-order valence-corrected chi connectivity index (χ4v) is 2.30. The molecule has 0 unspecified atom stereocenters. The van der Waals surface area contributed by atoms with Crippen LogP contribution in [0.4, 0.5) is 0 Å². The largest absolute Gasteiger partial charge is 0.242 e. The van der Waals surface area contributed by atoms with Gasteiger partial charge in [-0.15, -0.1) is 0 Å². The van der Waals surface area contributed by atoms with Crippen molar-refractivity contribution in [2.24, 2.45) is 0 Å². The number of aryl methyl sites for hydroxylation is 2. The van der Waals surface area contributed by atoms with Crippen LogP contribution < -0.4 is 0 Å². The zero-order chi connectivity index (χ0) is 5.28. The molecule has 0 nitrogen and oxygen atoms in total. The van der Waals surface area contributed by atoms with Gasteiger partial charge in [-0.25, -0.2) is 0 Å². The van der Waals surface area contributed by atoms with Crippen LogP contribution in [0.5, 0.6) is 0 Å². The minimum atomic E-state index is 1.45. The standard InChI is InChI=1S/C5H7S2/c1-4-5(2)7-3-6-4/h3H,1-2H3/q+1. The molecule has 0 amide bonds. The zero-order valence-electron chi connectivity index (χ0n) is 4.39. The topological polar surface area (TPSA) is 0 Å². The predicted octanol–water partition coefficient (Wildman–Crippen LogP) is 2.71. The van der Waals surface area contributed by atoms with Gasteiger partial charge in [0.1, 0.15) is 9.75 Å². The summed E-state index contributed by atoms with van der Waals surface area (Å²) in [7, 11) is 0. The maximum atomic E-state index is 2.16. The quantitative estimate of drug-likeness (QED) is 0.475. The van der Waals surface area contributed by atoms with Crippen molar-refractivity contribution in [3.05, 3.63) is 14.4 Å². The minimum absolute atomic E-state index is 1.45. The molecule has 1 rings (SSSR count). The van der Waals surface area contributed by atoms with Crippen LogP contribution in [0.1, 0.15) is 9.75 Å². The van der Waals surface area contributed by atoms with Gasteiger partial charge in [0.25, 0.3) is 0 Å². The van der Waals surface area contributed by atoms with Crippen LogP contribution in [-0.4, -0.2) is 0 Å². The van der Waals surface area contributed by atoms with E-state index in [0.717, 1.165) is 0 Å². The molecule has 1 aromatic heterocycles. The summed E-state index contributed by atoms with van der Waals surface area (Å²) in [6.07, 6.45) is 0. The van der Waals surface area contributed by atoms with Crippen molar-refractivity contribution in [3.63, 3.8) is 0 Å². The van der Waals surface area contributed by atoms with E-state index in [4.69, 9.17) is 0 Å². The molecule has 7 heavy (non-hydrogen) atoms. The molecule has 0 fully saturated rings. The smallest absolute Gasteiger partial charge is 0.00556 e. The Labute approximate surface area is 51.5 Å². The van der Waals surface area contributed by atoms with E-state index >= 15 is 0 Å². The van der Waals surface area contributed by atoms with Crippen molar-refractivity contribution in [2.75, 3.05) is 0 Å². The second-order valence-corrected chi connectivity index (χ2v) is 3.91. The Morgan fingerprint density at radius 3 is 2.43 bits per heavy atom. The maximum absolute atomic E-state index is 2.16. The van der Waals surface area contributed by atoms with Gasteiger partial charge in [-0.05, 0) is 13.8 Å². The van der Waals surface area contributed by atoms with Crippen molar-refractivity contribution in [2.45, 2.75) is 13.8 Å². The van der Waals surface area contributed by atoms with Crippen LogP contribution in [0.2, 0.25) is 0 Å². The fraction of sp³-hybridized carbons (Fsp3) is 0.400. The molecule has 0 atom stereocenters. The summed E-state index contributed by atoms with van der Waals surface area (Å²) < 4.78 is 2.16. The first-order valence-corrected chi connectivity index (χ1v) is 3.89. The first-order valence-electron chi connectivity index (χ1n) is 2.13. The average Bonchev–Trinajstić information content (AvgIpc) is 1.91. The van der Waals surface area contributed by atoms with E-state index in [0.29, 0.717) is 0 Å². The Bertz CT molecular complexity index is 138. The Balaban J connectivity index is 3.12. The van der Waals surface area contributed by atoms with Crippen molar-refractivity contribution in [3.8, 4) is 0 Å². The van der Waals surface area contributed by atoms with E-state index in [-0.39, 0.29) is 0 Å². The molecule has 2 heteroatoms. The van der Waals surface area contributed by atoms with Crippen molar-refractivity contribution in [1.29, 1.82) is 0 Å². The molecule has 1 aromatic rings. The molecule has 0 aliphatic heterocycles. The maximum Gasteiger partial charge on any atom is 0.242 e. The van der Waals surface area contributed by atoms with E-state index in [1.54, 1.807) is 0 Å². The third-order valence-electron chi connectivity index (χ3n) is 0.946. The summed E-state index contributed by atoms with van der Waals surface area (Å²) in [5, 5.41) is 0. The molecule has 0 saturated heterocycles. The Kier molecular flexibility index (Phi) is 1.40. The third kappa shape index (κ3) is 0.983. The van der Waals surface area contributed by atoms with Gasteiger partial charge in [0, 0.05) is 0 Å². The van der Waals surface area contributed by atoms with Gasteiger partial charge in [0.2, 0.25) is 4.69 Å². The first-order chi connectivity index (χ1) is 3.30. The van der Waals surface area contributed by atoms with Gasteiger partial charge in [-0.2, -0.15) is 0 Å². The van der Waals surface area contributed by atoms with Crippen LogP contribution in [0.3, 0.4) is 0 Å². The molecular formula is C5H7S2+. The molecule has 0 N–H and O–H groups in total. The summed E-state index contributed by atoms with van der Waals surface area (Å²) in [5.41, 5.74) is 0. The van der Waals surface area contributed by atoms with E-state index in [9.17, 15) is 0 Å². The minimum Gasteiger partial charge on any atom is -0.00556 e. The molecule has 0 bridgehead atoms. The fourth-order valence-electron chi connectivity index (χ4n) is 0.334. The molecule has 38 valence electrons. The van der Waals surface area contributed by atoms with Gasteiger partial charge in [0.05, 0.1) is 22.7 Å². The Morgan fingerprint density at radius 1 is 1.57 bits per heavy atom. The van der Waals surface area contributed by atoms with Crippen LogP contribution in [0.25, 0.3) is 0 Å². The summed E-state index contributed by atoms with van der Waals surface area (Å²) in [6, 6.07) is 0. The molecule has 0 radical (unpaired) electrons. The molecule has 0 aliphatic rings. The van der Waals surface area contributed by atoms with Crippen molar-refractivity contribution < 1.29 is 0 Å². The third-order valence-corrected chi connectivity index (χ3v) is 3.16. The van der Waals surface area contributed by atoms with Crippen LogP contribution in [0, 0.1) is 13.8 Å². The van der Waals surface area contributed by atoms with Gasteiger partial charge < -0.3 is 0 Å². The van der Waals surface area contributed by atoms with Crippen LogP contribution in [-0.2, 0) is 0 Å². The van der Waals surface area contributed by atoms with Gasteiger partial charge in [-0.3, -0.25) is 0 Å². The highest BCUT2D eigenvalue weighted by atomic mass is 32.2. The average molecular weight is 131 g/mol. The normalized spacial score (nSPS) is 9.43. The first kappa shape index (κ1) is 5.19. The molecule has 0 spiro atoms. The predicted molar refractivity (Wildman–Crippen MR) is 36.1 cm³/mol. The molecule has 0 aliphatic carbocycles. The van der Waals surface area contributed by atoms with Crippen molar-refractivity contribution >= 4 is 22.7 Å². The molecule has 0 saturated carbocycles. The summed E-state index contributed by atoms with van der Waals surface area (Å²) >= 11 is 3.65. The molecule has 1 heterocycles. The van der Waals surface area contributed by atoms with E-state index in [1.165, 1.54) is 9.75 Å². The monoisotopic (exact) mass is 131 g/mol. The second kappa shape index (κ2) is 1.88. The molecule has 0 aromatic carbocycles. The lowest BCUT2D eigenvalue weighted by Crippen LogP contribution is -1.58. The van der Waals surface area contributed by atoms with E-state index < -0.39 is 0 Å². The van der Waals surface area contributed by atoms with Gasteiger partial charge >= 0.3 is 0 Å². The lowest BCUT2D eigenvalue weighted by atomic mass is 10.5. The van der Waals surface area contributed by atoms with Gasteiger partial charge in [-0.1, -0.05) is 0 Å². The van der Waals surface area contributed by atoms with Crippen LogP contribution in [0.15, 0.2) is 4.69 Å². The highest BCUT2D eigenvalue weighted by molar-refractivity contribution is 7.28. The highest BCUT2D eigenvalue weighted by Gasteiger charge is 2.02. The number of hydrogen-bond donors (Lipinski definition) is 0. The summed E-state index contributed by atoms with van der Waals surface area (Å²) in [4.78, 5) is 2.90. The Hall–Kier alpha value is 0.0500. The van der Waals surface area contributed by atoms with E-state index in [2.05, 4.69) is 18.5 Å². The highest BCUT2D eigenvalue weighted by Crippen LogP contribution is 2.18. The SMILES string of the molecule is Cc1sc[s+]c1C. The van der Waals surface area contributed by atoms with Crippen molar-refractivity contribution in [1.82, 2.24) is 0 Å². The molecular weight excluding hydrogens is 124 g/mol. The number of hydrogen-bond acceptors (Lipinski definition) is 1.